The molecule has 3 heteroatoms. The van der Waals surface area contributed by atoms with E-state index in [9.17, 15) is 0 Å². The average Bonchev–Trinajstić information content (AvgIpc) is 1.54. The predicted molar refractivity (Wildman–Crippen MR) is 406 cm³/mol. The second-order valence-corrected chi connectivity index (χ2v) is 29.5. The van der Waals surface area contributed by atoms with Crippen LogP contribution in [-0.2, 0) is 43.1 Å². The molecule has 0 aliphatic heterocycles. The topological polar surface area (TPSA) is 4.93 Å². The van der Waals surface area contributed by atoms with Gasteiger partial charge in [0.2, 0.25) is 0 Å². The maximum atomic E-state index is 7.35. The van der Waals surface area contributed by atoms with Gasteiger partial charge in [0.05, 0.1) is 10.8 Å². The number of rotatable bonds is 38. The fourth-order valence-corrected chi connectivity index (χ4v) is 17.1. The van der Waals surface area contributed by atoms with Gasteiger partial charge >= 0.3 is 0 Å². The van der Waals surface area contributed by atoms with Gasteiger partial charge in [-0.1, -0.05) is 322 Å². The van der Waals surface area contributed by atoms with Crippen LogP contribution in [0.15, 0.2) is 158 Å². The molecule has 1 nitrogen and oxygen atoms in total. The Kier molecular flexibility index (Phi) is 24.5. The number of halogens is 2. The number of aromatic nitrogens is 1. The van der Waals surface area contributed by atoms with Crippen molar-refractivity contribution in [3.05, 3.63) is 235 Å². The van der Waals surface area contributed by atoms with Crippen LogP contribution in [-0.4, -0.2) is 4.57 Å². The van der Waals surface area contributed by atoms with Crippen LogP contribution in [0, 0.1) is 5.92 Å². The summed E-state index contributed by atoms with van der Waals surface area (Å²) in [6.07, 6.45) is 40.4. The third-order valence-corrected chi connectivity index (χ3v) is 22.6. The predicted octanol–water partition coefficient (Wildman–Crippen LogP) is 27.7. The van der Waals surface area contributed by atoms with Gasteiger partial charge in [-0.15, -0.1) is 0 Å². The maximum Gasteiger partial charge on any atom is 0.0714 e. The molecule has 2 aliphatic carbocycles. The van der Waals surface area contributed by atoms with Gasteiger partial charge < -0.3 is 4.57 Å². The van der Waals surface area contributed by atoms with Crippen LogP contribution in [0.25, 0.3) is 44.1 Å². The third kappa shape index (κ3) is 14.9. The second kappa shape index (κ2) is 33.2. The van der Waals surface area contributed by atoms with E-state index in [-0.39, 0.29) is 0 Å². The fraction of sp³-hybridized carbons (Fsp3) is 0.467. The summed E-state index contributed by atoms with van der Waals surface area (Å²) in [5.74, 6) is 0.537. The van der Waals surface area contributed by atoms with Gasteiger partial charge in [-0.25, -0.2) is 0 Å². The Labute approximate surface area is 572 Å². The van der Waals surface area contributed by atoms with Gasteiger partial charge in [0.25, 0.3) is 0 Å². The molecule has 1 unspecified atom stereocenters. The monoisotopic (exact) mass is 1280 g/mol. The van der Waals surface area contributed by atoms with E-state index in [0.29, 0.717) is 5.92 Å². The van der Waals surface area contributed by atoms with Crippen LogP contribution in [0.1, 0.15) is 288 Å². The van der Waals surface area contributed by atoms with Crippen molar-refractivity contribution in [2.24, 2.45) is 5.92 Å². The number of unbranched alkanes of at least 4 members (excludes halogenated alkanes) is 21. The van der Waals surface area contributed by atoms with E-state index in [0.717, 1.165) is 48.7 Å². The van der Waals surface area contributed by atoms with Crippen molar-refractivity contribution < 1.29 is 0 Å². The minimum atomic E-state index is -0.620. The lowest BCUT2D eigenvalue weighted by molar-refractivity contribution is 0.401. The molecule has 8 aromatic carbocycles. The van der Waals surface area contributed by atoms with Crippen molar-refractivity contribution in [2.45, 2.75) is 264 Å². The molecule has 0 bridgehead atoms. The molecule has 9 aromatic rings. The summed E-state index contributed by atoms with van der Waals surface area (Å²) in [6.45, 7) is 15.0. The normalized spacial score (nSPS) is 13.8. The van der Waals surface area contributed by atoms with Crippen LogP contribution in [0.4, 0.5) is 0 Å². The van der Waals surface area contributed by atoms with E-state index in [4.69, 9.17) is 23.2 Å². The smallest absolute Gasteiger partial charge is 0.0714 e. The SMILES string of the molecule is CCCCCCCCc1ccc(C2(c3ccc(CCCCCCCC)cc3)c3cc(Cl)ccc3-c3cc4c(cc32)c2cc3c(cc2n4CC(CC)CCCC)-c2ccc(Cl)cc2C3(c2ccc(CCCCCCCC)cc2)c2ccc(CCCCCCCC)cc2)cc1. The molecule has 0 radical (unpaired) electrons. The minimum Gasteiger partial charge on any atom is -0.340 e. The van der Waals surface area contributed by atoms with E-state index < -0.39 is 10.8 Å². The first-order chi connectivity index (χ1) is 45.7. The lowest BCUT2D eigenvalue weighted by Gasteiger charge is -2.34. The van der Waals surface area contributed by atoms with Crippen LogP contribution < -0.4 is 0 Å². The Hall–Kier alpha value is -5.86. The molecule has 0 fully saturated rings. The zero-order valence-electron chi connectivity index (χ0n) is 58.1. The Bertz CT molecular complexity index is 3460. The first-order valence-corrected chi connectivity index (χ1v) is 38.6. The Morgan fingerprint density at radius 1 is 0.301 bits per heavy atom. The molecule has 1 atom stereocenters. The van der Waals surface area contributed by atoms with Gasteiger partial charge in [0.1, 0.15) is 0 Å². The number of fused-ring (bicyclic) bond motifs is 9. The molecule has 93 heavy (non-hydrogen) atoms. The van der Waals surface area contributed by atoms with Gasteiger partial charge in [-0.05, 0) is 201 Å². The Morgan fingerprint density at radius 2 is 0.591 bits per heavy atom. The first kappa shape index (κ1) is 68.5. The minimum absolute atomic E-state index is 0.537. The molecule has 0 N–H and O–H groups in total. The largest absolute Gasteiger partial charge is 0.340 e. The van der Waals surface area contributed by atoms with E-state index in [1.54, 1.807) is 0 Å². The molecule has 0 saturated heterocycles. The highest BCUT2D eigenvalue weighted by atomic mass is 35.5. The molecular weight excluding hydrogens is 1170 g/mol. The summed E-state index contributed by atoms with van der Waals surface area (Å²) in [5, 5.41) is 4.21. The molecule has 0 saturated carbocycles. The van der Waals surface area contributed by atoms with Crippen LogP contribution in [0.5, 0.6) is 0 Å². The molecule has 2 aliphatic rings. The summed E-state index contributed by atoms with van der Waals surface area (Å²) in [5.41, 5.74) is 22.8. The lowest BCUT2D eigenvalue weighted by Crippen LogP contribution is -2.29. The zero-order valence-corrected chi connectivity index (χ0v) is 59.6. The molecule has 0 spiro atoms. The van der Waals surface area contributed by atoms with Crippen molar-refractivity contribution in [3.63, 3.8) is 0 Å². The number of benzene rings is 8. The molecule has 1 aromatic heterocycles. The second-order valence-electron chi connectivity index (χ2n) is 28.6. The van der Waals surface area contributed by atoms with E-state index in [2.05, 4.69) is 204 Å². The van der Waals surface area contributed by atoms with Crippen molar-refractivity contribution in [1.29, 1.82) is 0 Å². The highest BCUT2D eigenvalue weighted by Gasteiger charge is 2.49. The van der Waals surface area contributed by atoms with Gasteiger partial charge in [-0.2, -0.15) is 0 Å². The average molecular weight is 1280 g/mol. The van der Waals surface area contributed by atoms with Crippen molar-refractivity contribution in [1.82, 2.24) is 4.57 Å². The van der Waals surface area contributed by atoms with E-state index in [1.807, 2.05) is 0 Å². The van der Waals surface area contributed by atoms with Crippen LogP contribution in [0.3, 0.4) is 0 Å². The fourth-order valence-electron chi connectivity index (χ4n) is 16.7. The van der Waals surface area contributed by atoms with Gasteiger partial charge in [-0.3, -0.25) is 0 Å². The van der Waals surface area contributed by atoms with Crippen molar-refractivity contribution in [2.75, 3.05) is 0 Å². The summed E-state index contributed by atoms with van der Waals surface area (Å²) < 4.78 is 2.77. The number of nitrogens with zero attached hydrogens (tertiary/aromatic N) is 1. The summed E-state index contributed by atoms with van der Waals surface area (Å²) >= 11 is 14.7. The lowest BCUT2D eigenvalue weighted by atomic mass is 9.67. The number of hydrogen-bond donors (Lipinski definition) is 0. The quantitative estimate of drug-likeness (QED) is 0.0340. The van der Waals surface area contributed by atoms with Gasteiger partial charge in [0.15, 0.2) is 0 Å². The number of hydrogen-bond acceptors (Lipinski definition) is 0. The first-order valence-electron chi connectivity index (χ1n) is 37.8. The Morgan fingerprint density at radius 3 is 0.892 bits per heavy atom. The summed E-state index contributed by atoms with van der Waals surface area (Å²) in [7, 11) is 0. The molecule has 0 amide bonds. The standard InChI is InChI=1S/C90H111Cl2N/c1-7-13-18-22-26-30-35-67-39-47-71(48-40-67)89(72-49-41-68(42-50-72)36-31-27-23-19-14-8-2)83-59-75(91)55-57-77(83)79-63-87-81(61-85(79)89)82-62-86-80(64-88(82)93(87)65-66(12-6)34-17-11-5)78-58-56-76(92)60-84(78)90(86,73-51-43-69(44-52-73)37-32-28-24-20-15-9-3)74-53-45-70(46-54-74)38-33-29-25-21-16-10-4/h39-64,66H,7-38,65H2,1-6H3. The van der Waals surface area contributed by atoms with Gasteiger partial charge in [0, 0.05) is 38.4 Å². The highest BCUT2D eigenvalue weighted by molar-refractivity contribution is 6.31. The van der Waals surface area contributed by atoms with Crippen LogP contribution >= 0.6 is 23.2 Å². The molecular formula is C90H111Cl2N. The summed E-state index contributed by atoms with van der Waals surface area (Å²) in [6, 6.07) is 63.8. The van der Waals surface area contributed by atoms with Crippen molar-refractivity contribution >= 4 is 45.0 Å². The maximum absolute atomic E-state index is 7.35. The third-order valence-electron chi connectivity index (χ3n) is 22.1. The number of aryl methyl sites for hydroxylation is 4. The summed E-state index contributed by atoms with van der Waals surface area (Å²) in [4.78, 5) is 0. The van der Waals surface area contributed by atoms with E-state index >= 15 is 0 Å². The van der Waals surface area contributed by atoms with Crippen molar-refractivity contribution in [3.8, 4) is 22.3 Å². The van der Waals surface area contributed by atoms with E-state index in [1.165, 1.54) is 284 Å². The van der Waals surface area contributed by atoms with Crippen LogP contribution in [0.2, 0.25) is 10.0 Å². The highest BCUT2D eigenvalue weighted by Crippen LogP contribution is 2.61. The molecule has 1 heterocycles. The molecule has 11 rings (SSSR count). The Balaban J connectivity index is 1.13. The zero-order chi connectivity index (χ0) is 64.6. The molecule has 490 valence electrons.